The standard InChI is InChI=1S/C12H25NO3/c1-12(8-14,9-15)13-7-11(16)6-10-4-2-3-5-10/h10-11,13-16H,2-9H2,1H3. The molecule has 1 unspecified atom stereocenters. The zero-order valence-corrected chi connectivity index (χ0v) is 10.2. The Morgan fingerprint density at radius 2 is 1.81 bits per heavy atom. The summed E-state index contributed by atoms with van der Waals surface area (Å²) in [5.74, 6) is 0.659. The van der Waals surface area contributed by atoms with Gasteiger partial charge in [-0.25, -0.2) is 0 Å². The minimum absolute atomic E-state index is 0.125. The van der Waals surface area contributed by atoms with E-state index in [2.05, 4.69) is 5.32 Å². The van der Waals surface area contributed by atoms with E-state index in [1.54, 1.807) is 6.92 Å². The number of hydrogen-bond acceptors (Lipinski definition) is 4. The van der Waals surface area contributed by atoms with E-state index in [1.165, 1.54) is 25.7 Å². The summed E-state index contributed by atoms with van der Waals surface area (Å²) < 4.78 is 0. The molecule has 1 aliphatic carbocycles. The van der Waals surface area contributed by atoms with Crippen LogP contribution in [0, 0.1) is 5.92 Å². The molecule has 0 aliphatic heterocycles. The van der Waals surface area contributed by atoms with Crippen LogP contribution in [0.25, 0.3) is 0 Å². The number of hydrogen-bond donors (Lipinski definition) is 4. The van der Waals surface area contributed by atoms with E-state index in [0.717, 1.165) is 6.42 Å². The molecule has 1 rings (SSSR count). The summed E-state index contributed by atoms with van der Waals surface area (Å²) in [5, 5.41) is 31.0. The van der Waals surface area contributed by atoms with Crippen LogP contribution >= 0.6 is 0 Å². The highest BCUT2D eigenvalue weighted by molar-refractivity contribution is 4.83. The molecular weight excluding hydrogens is 206 g/mol. The van der Waals surface area contributed by atoms with Crippen LogP contribution in [0.4, 0.5) is 0 Å². The molecule has 0 aromatic rings. The summed E-state index contributed by atoms with van der Waals surface area (Å²) in [4.78, 5) is 0. The van der Waals surface area contributed by atoms with E-state index in [-0.39, 0.29) is 19.3 Å². The largest absolute Gasteiger partial charge is 0.394 e. The minimum atomic E-state index is -0.684. The number of aliphatic hydroxyl groups excluding tert-OH is 3. The molecule has 4 N–H and O–H groups in total. The van der Waals surface area contributed by atoms with Crippen molar-refractivity contribution in [1.82, 2.24) is 5.32 Å². The van der Waals surface area contributed by atoms with Crippen LogP contribution in [0.2, 0.25) is 0 Å². The van der Waals surface area contributed by atoms with Crippen molar-refractivity contribution in [3.63, 3.8) is 0 Å². The van der Waals surface area contributed by atoms with Gasteiger partial charge in [0.25, 0.3) is 0 Å². The van der Waals surface area contributed by atoms with Gasteiger partial charge < -0.3 is 20.6 Å². The van der Waals surface area contributed by atoms with E-state index in [0.29, 0.717) is 12.5 Å². The summed E-state index contributed by atoms with van der Waals surface area (Å²) >= 11 is 0. The van der Waals surface area contributed by atoms with E-state index in [1.807, 2.05) is 0 Å². The van der Waals surface area contributed by atoms with Crippen molar-refractivity contribution in [2.45, 2.75) is 50.7 Å². The molecule has 4 nitrogen and oxygen atoms in total. The maximum absolute atomic E-state index is 9.84. The Hall–Kier alpha value is -0.160. The average molecular weight is 231 g/mol. The molecule has 0 heterocycles. The smallest absolute Gasteiger partial charge is 0.0667 e. The number of aliphatic hydroxyl groups is 3. The quantitative estimate of drug-likeness (QED) is 0.507. The molecule has 1 saturated carbocycles. The van der Waals surface area contributed by atoms with Crippen LogP contribution in [-0.4, -0.2) is 46.7 Å². The van der Waals surface area contributed by atoms with E-state index in [4.69, 9.17) is 10.2 Å². The fourth-order valence-corrected chi connectivity index (χ4v) is 2.24. The number of rotatable bonds is 7. The topological polar surface area (TPSA) is 72.7 Å². The Bertz CT molecular complexity index is 189. The first-order valence-corrected chi connectivity index (χ1v) is 6.24. The molecule has 1 atom stereocenters. The van der Waals surface area contributed by atoms with Gasteiger partial charge in [-0.1, -0.05) is 25.7 Å². The average Bonchev–Trinajstić information content (AvgIpc) is 2.79. The van der Waals surface area contributed by atoms with Gasteiger partial charge in [-0.15, -0.1) is 0 Å². The summed E-state index contributed by atoms with van der Waals surface area (Å²) in [6.45, 7) is 1.93. The maximum atomic E-state index is 9.84. The Labute approximate surface area is 97.7 Å². The third-order valence-corrected chi connectivity index (χ3v) is 3.54. The molecule has 0 saturated heterocycles. The van der Waals surface area contributed by atoms with Crippen molar-refractivity contribution in [1.29, 1.82) is 0 Å². The van der Waals surface area contributed by atoms with E-state index >= 15 is 0 Å². The summed E-state index contributed by atoms with van der Waals surface area (Å²) in [7, 11) is 0. The van der Waals surface area contributed by atoms with Gasteiger partial charge in [0.05, 0.1) is 24.9 Å². The van der Waals surface area contributed by atoms with Crippen molar-refractivity contribution in [2.24, 2.45) is 5.92 Å². The normalized spacial score (nSPS) is 20.2. The van der Waals surface area contributed by atoms with Gasteiger partial charge in [-0.2, -0.15) is 0 Å². The lowest BCUT2D eigenvalue weighted by Gasteiger charge is -2.28. The molecule has 96 valence electrons. The first-order chi connectivity index (χ1) is 7.59. The molecule has 0 amide bonds. The van der Waals surface area contributed by atoms with Gasteiger partial charge in [0.2, 0.25) is 0 Å². The molecule has 0 aromatic heterocycles. The zero-order valence-electron chi connectivity index (χ0n) is 10.2. The second-order valence-corrected chi connectivity index (χ2v) is 5.30. The van der Waals surface area contributed by atoms with Crippen LogP contribution in [0.1, 0.15) is 39.0 Å². The lowest BCUT2D eigenvalue weighted by atomic mass is 9.99. The molecule has 0 spiro atoms. The highest BCUT2D eigenvalue weighted by Gasteiger charge is 2.24. The Kier molecular flexibility index (Phi) is 5.69. The third kappa shape index (κ3) is 4.37. The molecule has 4 heteroatoms. The third-order valence-electron chi connectivity index (χ3n) is 3.54. The lowest BCUT2D eigenvalue weighted by Crippen LogP contribution is -2.51. The molecule has 1 fully saturated rings. The summed E-state index contributed by atoms with van der Waals surface area (Å²) in [6.07, 6.45) is 5.49. The monoisotopic (exact) mass is 231 g/mol. The van der Waals surface area contributed by atoms with Crippen molar-refractivity contribution >= 4 is 0 Å². The van der Waals surface area contributed by atoms with E-state index < -0.39 is 5.54 Å². The summed E-state index contributed by atoms with van der Waals surface area (Å²) in [6, 6.07) is 0. The van der Waals surface area contributed by atoms with Gasteiger partial charge in [0.15, 0.2) is 0 Å². The van der Waals surface area contributed by atoms with Crippen molar-refractivity contribution in [2.75, 3.05) is 19.8 Å². The predicted molar refractivity (Wildman–Crippen MR) is 63.2 cm³/mol. The van der Waals surface area contributed by atoms with Crippen molar-refractivity contribution < 1.29 is 15.3 Å². The Balaban J connectivity index is 2.20. The number of β-amino-alcohol motifs (C(OH)–C–C–N with tert-alkyl or cyclic N) is 1. The van der Waals surface area contributed by atoms with Crippen molar-refractivity contribution in [3.8, 4) is 0 Å². The molecular formula is C12H25NO3. The molecule has 0 aromatic carbocycles. The van der Waals surface area contributed by atoms with E-state index in [9.17, 15) is 5.11 Å². The van der Waals surface area contributed by atoms with Gasteiger partial charge in [-0.05, 0) is 19.3 Å². The molecule has 0 bridgehead atoms. The van der Waals surface area contributed by atoms with Crippen molar-refractivity contribution in [3.05, 3.63) is 0 Å². The van der Waals surface area contributed by atoms with Gasteiger partial charge in [-0.3, -0.25) is 0 Å². The first kappa shape index (κ1) is 13.9. The van der Waals surface area contributed by atoms with Crippen LogP contribution in [0.3, 0.4) is 0 Å². The predicted octanol–water partition coefficient (Wildman–Crippen LogP) is 0.260. The summed E-state index contributed by atoms with van der Waals surface area (Å²) in [5.41, 5.74) is -0.684. The second-order valence-electron chi connectivity index (χ2n) is 5.30. The number of nitrogens with one attached hydrogen (secondary N) is 1. The highest BCUT2D eigenvalue weighted by atomic mass is 16.3. The maximum Gasteiger partial charge on any atom is 0.0667 e. The van der Waals surface area contributed by atoms with Crippen LogP contribution in [0.15, 0.2) is 0 Å². The Morgan fingerprint density at radius 3 is 2.31 bits per heavy atom. The van der Waals surface area contributed by atoms with Gasteiger partial charge in [0.1, 0.15) is 0 Å². The minimum Gasteiger partial charge on any atom is -0.394 e. The first-order valence-electron chi connectivity index (χ1n) is 6.24. The van der Waals surface area contributed by atoms with Crippen LogP contribution in [0.5, 0.6) is 0 Å². The fourth-order valence-electron chi connectivity index (χ4n) is 2.24. The molecule has 16 heavy (non-hydrogen) atoms. The van der Waals surface area contributed by atoms with Crippen LogP contribution < -0.4 is 5.32 Å². The lowest BCUT2D eigenvalue weighted by molar-refractivity contribution is 0.0776. The Morgan fingerprint density at radius 1 is 1.25 bits per heavy atom. The molecule has 0 radical (unpaired) electrons. The fraction of sp³-hybridized carbons (Fsp3) is 1.00. The van der Waals surface area contributed by atoms with Gasteiger partial charge in [0, 0.05) is 6.54 Å². The zero-order chi connectivity index (χ0) is 12.0. The highest BCUT2D eigenvalue weighted by Crippen LogP contribution is 2.28. The molecule has 1 aliphatic rings. The SMILES string of the molecule is CC(CO)(CO)NCC(O)CC1CCCC1. The second kappa shape index (κ2) is 6.55. The van der Waals surface area contributed by atoms with Gasteiger partial charge >= 0.3 is 0 Å². The van der Waals surface area contributed by atoms with Crippen LogP contribution in [-0.2, 0) is 0 Å².